The zero-order valence-corrected chi connectivity index (χ0v) is 48.9. The minimum absolute atomic E-state index is 0.0898. The quantitative estimate of drug-likeness (QED) is 0.193. The molecule has 0 N–H and O–H groups in total. The summed E-state index contributed by atoms with van der Waals surface area (Å²) in [6.45, 7) is 0.0944. The largest absolute Gasteiger partial charge is 0.495 e. The van der Waals surface area contributed by atoms with Crippen LogP contribution in [0.3, 0.4) is 0 Å². The molecule has 0 saturated heterocycles. The first-order valence-electron chi connectivity index (χ1n) is 26.5. The lowest BCUT2D eigenvalue weighted by molar-refractivity contribution is -0.337. The number of alkyl halides is 29. The van der Waals surface area contributed by atoms with E-state index in [1.807, 2.05) is 0 Å². The predicted molar refractivity (Wildman–Crippen MR) is 260 cm³/mol. The first-order chi connectivity index (χ1) is 44.2. The smallest absolute Gasteiger partial charge is 0.467 e. The summed E-state index contributed by atoms with van der Waals surface area (Å²) in [6, 6.07) is -1.37. The van der Waals surface area contributed by atoms with Gasteiger partial charge >= 0.3 is 65.7 Å². The molecule has 13 rings (SSSR count). The second kappa shape index (κ2) is 27.8. The summed E-state index contributed by atoms with van der Waals surface area (Å²) in [5, 5.41) is 0. The van der Waals surface area contributed by atoms with Gasteiger partial charge in [0.1, 0.15) is 12.5 Å². The average Bonchev–Trinajstić information content (AvgIpc) is 1.52. The van der Waals surface area contributed by atoms with Crippen LogP contribution in [0.25, 0.3) is 0 Å². The van der Waals surface area contributed by atoms with Gasteiger partial charge in [0.25, 0.3) is 11.8 Å². The van der Waals surface area contributed by atoms with Crippen LogP contribution in [0.4, 0.5) is 167 Å². The van der Waals surface area contributed by atoms with Gasteiger partial charge in [-0.05, 0) is 73.6 Å². The van der Waals surface area contributed by atoms with Gasteiger partial charge in [-0.3, -0.25) is 0 Å². The van der Waals surface area contributed by atoms with Crippen LogP contribution in [0.5, 0.6) is 0 Å². The molecule has 564 valence electrons. The van der Waals surface area contributed by atoms with Gasteiger partial charge in [-0.15, -0.1) is 0 Å². The Morgan fingerprint density at radius 3 is 0.848 bits per heavy atom. The van der Waals surface area contributed by atoms with E-state index in [1.165, 1.54) is 13.2 Å². The number of fused-ring (bicyclic) bond motifs is 6. The second-order valence-corrected chi connectivity index (χ2v) is 22.1. The van der Waals surface area contributed by atoms with Gasteiger partial charge in [0.2, 0.25) is 22.9 Å². The maximum Gasteiger partial charge on any atom is 0.467 e. The molecule has 3 aliphatic heterocycles. The van der Waals surface area contributed by atoms with E-state index in [4.69, 9.17) is 0 Å². The van der Waals surface area contributed by atoms with Crippen LogP contribution in [0, 0.1) is 0 Å². The molecule has 0 aromatic carbocycles. The van der Waals surface area contributed by atoms with Crippen molar-refractivity contribution >= 4 is 0 Å². The maximum absolute atomic E-state index is 13.0. The Morgan fingerprint density at radius 2 is 0.737 bits per heavy atom. The van der Waals surface area contributed by atoms with E-state index in [0.717, 1.165) is 42.5 Å². The molecule has 0 aromatic heterocycles. The Bertz CT molecular complexity index is 3150. The van der Waals surface area contributed by atoms with Gasteiger partial charge in [-0.2, -0.15) is 105 Å². The van der Waals surface area contributed by atoms with Crippen LogP contribution >= 0.6 is 0 Å². The summed E-state index contributed by atoms with van der Waals surface area (Å²) >= 11 is 0. The van der Waals surface area contributed by atoms with E-state index in [2.05, 4.69) is 28.4 Å². The van der Waals surface area contributed by atoms with Crippen molar-refractivity contribution in [1.29, 1.82) is 0 Å². The Hall–Kier alpha value is -6.98. The van der Waals surface area contributed by atoms with Gasteiger partial charge in [0.05, 0.1) is 7.11 Å². The Kier molecular flexibility index (Phi) is 23.7. The van der Waals surface area contributed by atoms with E-state index < -0.39 is 196 Å². The third-order valence-electron chi connectivity index (χ3n) is 14.4. The van der Waals surface area contributed by atoms with Gasteiger partial charge in [-0.25, -0.2) is 61.5 Å². The van der Waals surface area contributed by atoms with E-state index in [1.54, 1.807) is 0 Å². The summed E-state index contributed by atoms with van der Waals surface area (Å²) < 4.78 is 486. The standard InChI is InChI=1S/C7H4F6.2C7H4F4.C6H4F6O2.C5H4F4O2.2C5H5F3.C5H6F2O.C4H3F3O.C4H3F3/c8-4-1-2-5(9,3-4)7(12,13)6(4,10)11;2*8-4-5(9)7(11)2-1-6(4,10)3-7;1-4(6(10,11)12)13-2-3(14-4)5(7,8)9;1-4(5(7,8)9)10-2-3(6)11-4;2*6-4-2-1-3-5(4,7)8;1-8-4-2-3-5(4,6)7;5-3-1-8-2-4(3,6)7;5-3-1-2-4(3,6)7/h1-2H,3H2;2*1-2H,3H2;2H,1H3;2H,1H3;2*2H,1,3H2;2H,3H2,1H3;1H,2H2;1H,2H2. The molecular weight excluding hydrogens is 1480 g/mol. The lowest BCUT2D eigenvalue weighted by atomic mass is 9.96. The third kappa shape index (κ3) is 17.7. The zero-order valence-electron chi connectivity index (χ0n) is 48.9. The fourth-order valence-corrected chi connectivity index (χ4v) is 8.32. The van der Waals surface area contributed by atoms with Gasteiger partial charge in [-0.1, -0.05) is 0 Å². The number of allylic oxidation sites excluding steroid dienone is 19. The average molecular weight is 1520 g/mol. The molecule has 10 aliphatic carbocycles. The van der Waals surface area contributed by atoms with E-state index in [9.17, 15) is 167 Å². The molecule has 0 aromatic rings. The molecule has 0 radical (unpaired) electrons. The highest BCUT2D eigenvalue weighted by Gasteiger charge is 2.87. The highest BCUT2D eigenvalue weighted by molar-refractivity contribution is 5.47. The van der Waals surface area contributed by atoms with Crippen molar-refractivity contribution in [3.05, 3.63) is 144 Å². The van der Waals surface area contributed by atoms with Crippen LogP contribution in [0.15, 0.2) is 144 Å². The molecule has 0 amide bonds. The molecule has 0 spiro atoms. The third-order valence-corrected chi connectivity index (χ3v) is 14.4. The van der Waals surface area contributed by atoms with Crippen molar-refractivity contribution in [2.75, 3.05) is 13.7 Å². The lowest BCUT2D eigenvalue weighted by Gasteiger charge is -2.31. The Balaban J connectivity index is 0.000000235. The number of rotatable bonds is 1. The van der Waals surface area contributed by atoms with Gasteiger partial charge < -0.3 is 28.4 Å². The minimum atomic E-state index is -5.03. The molecule has 6 nitrogen and oxygen atoms in total. The van der Waals surface area contributed by atoms with Crippen molar-refractivity contribution in [3.63, 3.8) is 0 Å². The first kappa shape index (κ1) is 84.4. The molecule has 3 heterocycles. The van der Waals surface area contributed by atoms with Crippen molar-refractivity contribution in [1.82, 2.24) is 0 Å². The second-order valence-electron chi connectivity index (χ2n) is 22.1. The van der Waals surface area contributed by atoms with Crippen molar-refractivity contribution < 1.29 is 195 Å². The monoisotopic (exact) mass is 1520 g/mol. The predicted octanol–water partition coefficient (Wildman–Crippen LogP) is 21.9. The molecule has 13 aliphatic rings. The molecule has 8 unspecified atom stereocenters. The molecule has 44 heteroatoms. The number of ether oxygens (including phenoxy) is 6. The highest BCUT2D eigenvalue weighted by atomic mass is 19.4. The summed E-state index contributed by atoms with van der Waals surface area (Å²) in [6.07, 6.45) is -10.8. The van der Waals surface area contributed by atoms with Gasteiger partial charge in [0.15, 0.2) is 82.1 Å². The molecule has 8 atom stereocenters. The Morgan fingerprint density at radius 1 is 0.384 bits per heavy atom. The van der Waals surface area contributed by atoms with E-state index >= 15 is 0 Å². The van der Waals surface area contributed by atoms with Crippen LogP contribution in [-0.4, -0.2) is 119 Å². The van der Waals surface area contributed by atoms with Crippen LogP contribution in [0.2, 0.25) is 0 Å². The molecule has 1 saturated carbocycles. The summed E-state index contributed by atoms with van der Waals surface area (Å²) in [7, 11) is 1.25. The summed E-state index contributed by atoms with van der Waals surface area (Å²) in [4.78, 5) is 0. The van der Waals surface area contributed by atoms with Crippen molar-refractivity contribution in [2.45, 2.75) is 177 Å². The SMILES string of the molecule is CC1(C(F)(F)F)OC=C(C(F)(F)F)O1.CC1(C(F)(F)F)OC=C(F)O1.COC1=CCC1(F)F.FC12C=CC(F)(C1)C(F)(F)C2(F)F.FC1=C(F)C2(F)C=CC1(F)C2.FC1=C(F)C2(F)C=CC1(F)C2.FC1=CCC1(F)F.FC1=CCCC1(F)F.FC1=CCCC1(F)F.FC1=COCC1(F)F. The van der Waals surface area contributed by atoms with Crippen LogP contribution in [0.1, 0.15) is 71.6 Å². The first-order valence-corrected chi connectivity index (χ1v) is 26.5. The van der Waals surface area contributed by atoms with E-state index in [-0.39, 0.29) is 62.5 Å². The molecule has 1 fully saturated rings. The topological polar surface area (TPSA) is 55.4 Å². The number of methoxy groups -OCH3 is 1. The van der Waals surface area contributed by atoms with Crippen molar-refractivity contribution in [2.24, 2.45) is 0 Å². The number of halogens is 38. The van der Waals surface area contributed by atoms with Crippen LogP contribution in [-0.2, 0) is 28.4 Å². The molecule has 99 heavy (non-hydrogen) atoms. The normalized spacial score (nSPS) is 34.4. The van der Waals surface area contributed by atoms with Crippen LogP contribution < -0.4 is 0 Å². The summed E-state index contributed by atoms with van der Waals surface area (Å²) in [5.41, 5.74) is -17.1. The molecule has 6 bridgehead atoms. The molecular formula is C55H42F38O6. The lowest BCUT2D eigenvalue weighted by Crippen LogP contribution is -2.54. The zero-order chi connectivity index (χ0) is 76.9. The fraction of sp³-hybridized carbons (Fsp3) is 0.564. The van der Waals surface area contributed by atoms with E-state index in [0.29, 0.717) is 20.1 Å². The minimum Gasteiger partial charge on any atom is -0.495 e. The number of hydrogen-bond donors (Lipinski definition) is 0. The highest BCUT2D eigenvalue weighted by Crippen LogP contribution is 2.66. The number of hydrogen-bond acceptors (Lipinski definition) is 6. The van der Waals surface area contributed by atoms with Crippen molar-refractivity contribution in [3.8, 4) is 0 Å². The Labute approximate surface area is 529 Å². The summed E-state index contributed by atoms with van der Waals surface area (Å²) in [5.74, 6) is -45.2. The fourth-order valence-electron chi connectivity index (χ4n) is 8.32. The maximum atomic E-state index is 13.0. The van der Waals surface area contributed by atoms with Gasteiger partial charge in [0, 0.05) is 58.8 Å².